The average molecular weight is 357 g/mol. The minimum Gasteiger partial charge on any atom is -0.375 e. The Labute approximate surface area is 144 Å². The van der Waals surface area contributed by atoms with E-state index in [-0.39, 0.29) is 24.1 Å². The number of anilines is 1. The first-order valence-electron chi connectivity index (χ1n) is 8.46. The van der Waals surface area contributed by atoms with E-state index in [2.05, 4.69) is 15.2 Å². The smallest absolute Gasteiger partial charge is 0.375 e. The van der Waals surface area contributed by atoms with Crippen molar-refractivity contribution in [1.82, 2.24) is 10.3 Å². The highest BCUT2D eigenvalue weighted by Crippen LogP contribution is 2.45. The van der Waals surface area contributed by atoms with Crippen LogP contribution in [0.25, 0.3) is 0 Å². The van der Waals surface area contributed by atoms with Gasteiger partial charge in [0.25, 0.3) is 0 Å². The van der Waals surface area contributed by atoms with Gasteiger partial charge in [0, 0.05) is 19.9 Å². The van der Waals surface area contributed by atoms with E-state index >= 15 is 0 Å². The quantitative estimate of drug-likeness (QED) is 0.900. The number of hydrogen-bond acceptors (Lipinski definition) is 4. The predicted molar refractivity (Wildman–Crippen MR) is 86.2 cm³/mol. The molecule has 1 aromatic rings. The molecule has 8 heteroatoms. The van der Waals surface area contributed by atoms with Gasteiger partial charge in [-0.2, -0.15) is 13.2 Å². The van der Waals surface area contributed by atoms with E-state index in [0.29, 0.717) is 12.4 Å². The number of alkyl halides is 3. The number of pyridine rings is 1. The molecule has 1 aliphatic carbocycles. The summed E-state index contributed by atoms with van der Waals surface area (Å²) >= 11 is 0. The summed E-state index contributed by atoms with van der Waals surface area (Å²) < 4.78 is 43.1. The van der Waals surface area contributed by atoms with Crippen LogP contribution in [0.3, 0.4) is 0 Å². The second kappa shape index (κ2) is 6.82. The van der Waals surface area contributed by atoms with Crippen LogP contribution in [0, 0.1) is 0 Å². The molecule has 3 rings (SSSR count). The molecule has 1 spiro atoms. The third-order valence-corrected chi connectivity index (χ3v) is 5.26. The molecular weight excluding hydrogens is 335 g/mol. The van der Waals surface area contributed by atoms with Crippen LogP contribution in [0.1, 0.15) is 37.7 Å². The fraction of sp³-hybridized carbons (Fsp3) is 0.647. The summed E-state index contributed by atoms with van der Waals surface area (Å²) in [6.45, 7) is 0.668. The maximum atomic E-state index is 12.8. The molecule has 1 amide bonds. The molecule has 2 fully saturated rings. The first kappa shape index (κ1) is 18.0. The lowest BCUT2D eigenvalue weighted by Gasteiger charge is -2.40. The SMILES string of the molecule is COCC(=O)NC1CCN(c2ccc(C(F)(F)F)cn2)C12CCCC2. The van der Waals surface area contributed by atoms with Crippen molar-refractivity contribution in [3.8, 4) is 0 Å². The zero-order valence-electron chi connectivity index (χ0n) is 14.1. The standard InChI is InChI=1S/C17H22F3N3O2/c1-25-11-15(24)22-13-6-9-23(16(13)7-2-3-8-16)14-5-4-12(10-21-14)17(18,19)20/h4-5,10,13H,2-3,6-9,11H2,1H3,(H,22,24). The molecule has 1 saturated heterocycles. The molecular formula is C17H22F3N3O2. The van der Waals surface area contributed by atoms with Crippen LogP contribution < -0.4 is 10.2 Å². The van der Waals surface area contributed by atoms with E-state index in [4.69, 9.17) is 4.74 Å². The monoisotopic (exact) mass is 357 g/mol. The highest BCUT2D eigenvalue weighted by molar-refractivity contribution is 5.78. The lowest BCUT2D eigenvalue weighted by atomic mass is 9.88. The molecule has 1 aliphatic heterocycles. The van der Waals surface area contributed by atoms with Gasteiger partial charge in [-0.05, 0) is 31.4 Å². The maximum Gasteiger partial charge on any atom is 0.417 e. The molecule has 0 bridgehead atoms. The van der Waals surface area contributed by atoms with Gasteiger partial charge >= 0.3 is 6.18 Å². The highest BCUT2D eigenvalue weighted by atomic mass is 19.4. The van der Waals surface area contributed by atoms with E-state index < -0.39 is 11.7 Å². The molecule has 25 heavy (non-hydrogen) atoms. The fourth-order valence-corrected chi connectivity index (χ4v) is 4.17. The normalized spacial score (nSPS) is 22.6. The van der Waals surface area contributed by atoms with Gasteiger partial charge in [-0.15, -0.1) is 0 Å². The molecule has 1 atom stereocenters. The van der Waals surface area contributed by atoms with Gasteiger partial charge in [0.2, 0.25) is 5.91 Å². The summed E-state index contributed by atoms with van der Waals surface area (Å²) in [5, 5.41) is 3.03. The molecule has 0 radical (unpaired) electrons. The molecule has 138 valence electrons. The van der Waals surface area contributed by atoms with Gasteiger partial charge in [0.15, 0.2) is 0 Å². The van der Waals surface area contributed by atoms with Crippen molar-refractivity contribution in [3.05, 3.63) is 23.9 Å². The summed E-state index contributed by atoms with van der Waals surface area (Å²) in [5.74, 6) is 0.374. The van der Waals surface area contributed by atoms with E-state index in [1.807, 2.05) is 0 Å². The topological polar surface area (TPSA) is 54.5 Å². The Morgan fingerprint density at radius 3 is 2.68 bits per heavy atom. The van der Waals surface area contributed by atoms with Gasteiger partial charge in [-0.25, -0.2) is 4.98 Å². The van der Waals surface area contributed by atoms with E-state index in [0.717, 1.165) is 44.4 Å². The highest BCUT2D eigenvalue weighted by Gasteiger charge is 2.51. The number of nitrogens with one attached hydrogen (secondary N) is 1. The second-order valence-electron chi connectivity index (χ2n) is 6.71. The number of ether oxygens (including phenoxy) is 1. The number of hydrogen-bond donors (Lipinski definition) is 1. The van der Waals surface area contributed by atoms with Gasteiger partial charge in [-0.1, -0.05) is 12.8 Å². The molecule has 2 aliphatic rings. The van der Waals surface area contributed by atoms with Crippen molar-refractivity contribution in [2.24, 2.45) is 0 Å². The molecule has 1 unspecified atom stereocenters. The Kier molecular flexibility index (Phi) is 4.90. The second-order valence-corrected chi connectivity index (χ2v) is 6.71. The Morgan fingerprint density at radius 2 is 2.12 bits per heavy atom. The minimum atomic E-state index is -4.39. The van der Waals surface area contributed by atoms with Crippen LogP contribution >= 0.6 is 0 Å². The Hall–Kier alpha value is -1.83. The number of aromatic nitrogens is 1. The summed E-state index contributed by atoms with van der Waals surface area (Å²) in [4.78, 5) is 18.1. The Balaban J connectivity index is 1.82. The molecule has 1 N–H and O–H groups in total. The first-order chi connectivity index (χ1) is 11.9. The molecule has 1 saturated carbocycles. The largest absolute Gasteiger partial charge is 0.417 e. The molecule has 2 heterocycles. The Bertz CT molecular complexity index is 613. The first-order valence-corrected chi connectivity index (χ1v) is 8.46. The van der Waals surface area contributed by atoms with Crippen LogP contribution in [0.2, 0.25) is 0 Å². The maximum absolute atomic E-state index is 12.8. The number of halogens is 3. The third-order valence-electron chi connectivity index (χ3n) is 5.26. The van der Waals surface area contributed by atoms with Crippen molar-refractivity contribution in [1.29, 1.82) is 0 Å². The van der Waals surface area contributed by atoms with Crippen molar-refractivity contribution >= 4 is 11.7 Å². The summed E-state index contributed by atoms with van der Waals surface area (Å²) in [6.07, 6.45) is 1.11. The van der Waals surface area contributed by atoms with Crippen molar-refractivity contribution in [2.45, 2.75) is 49.9 Å². The van der Waals surface area contributed by atoms with Crippen molar-refractivity contribution in [2.75, 3.05) is 25.2 Å². The number of rotatable bonds is 4. The summed E-state index contributed by atoms with van der Waals surface area (Å²) in [5.41, 5.74) is -1.02. The van der Waals surface area contributed by atoms with Gasteiger partial charge in [0.05, 0.1) is 17.1 Å². The lowest BCUT2D eigenvalue weighted by Crippen LogP contribution is -2.55. The fourth-order valence-electron chi connectivity index (χ4n) is 4.17. The number of nitrogens with zero attached hydrogens (tertiary/aromatic N) is 2. The van der Waals surface area contributed by atoms with E-state index in [9.17, 15) is 18.0 Å². The van der Waals surface area contributed by atoms with Crippen LogP contribution in [-0.4, -0.2) is 42.7 Å². The summed E-state index contributed by atoms with van der Waals surface area (Å²) in [7, 11) is 1.47. The molecule has 5 nitrogen and oxygen atoms in total. The zero-order valence-corrected chi connectivity index (χ0v) is 14.1. The lowest BCUT2D eigenvalue weighted by molar-refractivity contribution is -0.137. The number of methoxy groups -OCH3 is 1. The van der Waals surface area contributed by atoms with E-state index in [1.54, 1.807) is 0 Å². The minimum absolute atomic E-state index is 0.00507. The molecule has 0 aromatic carbocycles. The van der Waals surface area contributed by atoms with Crippen molar-refractivity contribution < 1.29 is 22.7 Å². The van der Waals surface area contributed by atoms with Crippen LogP contribution in [0.5, 0.6) is 0 Å². The Morgan fingerprint density at radius 1 is 1.40 bits per heavy atom. The van der Waals surface area contributed by atoms with Gasteiger partial charge < -0.3 is 15.0 Å². The average Bonchev–Trinajstić information content (AvgIpc) is 3.17. The van der Waals surface area contributed by atoms with Gasteiger partial charge in [-0.3, -0.25) is 4.79 Å². The summed E-state index contributed by atoms with van der Waals surface area (Å²) in [6, 6.07) is 2.46. The molecule has 1 aromatic heterocycles. The number of amides is 1. The third kappa shape index (κ3) is 3.44. The van der Waals surface area contributed by atoms with E-state index in [1.165, 1.54) is 13.2 Å². The van der Waals surface area contributed by atoms with Gasteiger partial charge in [0.1, 0.15) is 12.4 Å². The van der Waals surface area contributed by atoms with Crippen LogP contribution in [-0.2, 0) is 15.7 Å². The van der Waals surface area contributed by atoms with Crippen LogP contribution in [0.15, 0.2) is 18.3 Å². The van der Waals surface area contributed by atoms with Crippen molar-refractivity contribution in [3.63, 3.8) is 0 Å². The van der Waals surface area contributed by atoms with Crippen LogP contribution in [0.4, 0.5) is 19.0 Å². The zero-order chi connectivity index (χ0) is 18.1. The number of carbonyl (C=O) groups is 1. The predicted octanol–water partition coefficient (Wildman–Crippen LogP) is 2.75. The number of carbonyl (C=O) groups excluding carboxylic acids is 1.